The third-order valence-electron chi connectivity index (χ3n) is 4.66. The van der Waals surface area contributed by atoms with Gasteiger partial charge in [-0.1, -0.05) is 82.2 Å². The predicted octanol–water partition coefficient (Wildman–Crippen LogP) is 5.60. The Labute approximate surface area is 149 Å². The number of nitrogens with zero attached hydrogens (tertiary/aromatic N) is 1. The number of aliphatic hydroxyl groups is 1. The molecule has 3 heteroatoms. The summed E-state index contributed by atoms with van der Waals surface area (Å²) in [5, 5.41) is 10.4. The van der Waals surface area contributed by atoms with E-state index in [1.54, 1.807) is 0 Å². The van der Waals surface area contributed by atoms with Crippen LogP contribution in [0.1, 0.15) is 76.9 Å². The quantitative estimate of drug-likeness (QED) is 0.500. The highest BCUT2D eigenvalue weighted by Gasteiger charge is 2.19. The Morgan fingerprint density at radius 2 is 1.43 bits per heavy atom. The average Bonchev–Trinajstić information content (AvgIpc) is 2.56. The minimum Gasteiger partial charge on any atom is -0.387 e. The van der Waals surface area contributed by atoms with Crippen molar-refractivity contribution in [1.82, 2.24) is 4.90 Å². The molecule has 0 saturated carbocycles. The summed E-state index contributed by atoms with van der Waals surface area (Å²) in [6, 6.07) is 10.1. The van der Waals surface area contributed by atoms with Gasteiger partial charge in [0.25, 0.3) is 0 Å². The van der Waals surface area contributed by atoms with Crippen molar-refractivity contribution in [2.75, 3.05) is 13.6 Å². The Bertz CT molecular complexity index is 371. The summed E-state index contributed by atoms with van der Waals surface area (Å²) in [6.45, 7) is 5.45. The molecule has 2 nitrogen and oxygen atoms in total. The molecule has 0 fully saturated rings. The summed E-state index contributed by atoms with van der Waals surface area (Å²) >= 11 is 0. The molecule has 1 rings (SSSR count). The first-order valence-electron chi connectivity index (χ1n) is 9.10. The topological polar surface area (TPSA) is 23.5 Å². The number of aliphatic hydroxyl groups excluding tert-OH is 1. The largest absolute Gasteiger partial charge is 0.387 e. The highest BCUT2D eigenvalue weighted by atomic mass is 35.5. The van der Waals surface area contributed by atoms with E-state index in [1.807, 2.05) is 30.3 Å². The number of unbranched alkanes of at least 4 members (excludes halogenated alkanes) is 7. The van der Waals surface area contributed by atoms with E-state index < -0.39 is 6.10 Å². The number of hydrogen-bond acceptors (Lipinski definition) is 2. The minimum atomic E-state index is -0.403. The highest BCUT2D eigenvalue weighted by molar-refractivity contribution is 5.85. The smallest absolute Gasteiger partial charge is 0.0942 e. The third kappa shape index (κ3) is 9.34. The number of halogens is 1. The molecular weight excluding hydrogens is 306 g/mol. The molecule has 0 spiro atoms. The van der Waals surface area contributed by atoms with Gasteiger partial charge in [-0.3, -0.25) is 0 Å². The van der Waals surface area contributed by atoms with E-state index in [0.29, 0.717) is 0 Å². The van der Waals surface area contributed by atoms with Gasteiger partial charge in [0.05, 0.1) is 6.10 Å². The van der Waals surface area contributed by atoms with E-state index in [1.165, 1.54) is 51.4 Å². The van der Waals surface area contributed by atoms with Crippen molar-refractivity contribution in [3.63, 3.8) is 0 Å². The molecule has 1 aromatic carbocycles. The second-order valence-electron chi connectivity index (χ2n) is 6.55. The lowest BCUT2D eigenvalue weighted by atomic mass is 10.0. The molecule has 134 valence electrons. The van der Waals surface area contributed by atoms with E-state index in [2.05, 4.69) is 25.8 Å². The molecule has 23 heavy (non-hydrogen) atoms. The summed E-state index contributed by atoms with van der Waals surface area (Å²) in [5.41, 5.74) is 1.01. The molecule has 0 aliphatic rings. The lowest BCUT2D eigenvalue weighted by Gasteiger charge is -2.29. The molecule has 0 saturated heterocycles. The molecule has 0 amide bonds. The first-order chi connectivity index (χ1) is 10.7. The van der Waals surface area contributed by atoms with Gasteiger partial charge in [-0.25, -0.2) is 0 Å². The van der Waals surface area contributed by atoms with Gasteiger partial charge in [0.2, 0.25) is 0 Å². The van der Waals surface area contributed by atoms with Gasteiger partial charge < -0.3 is 10.0 Å². The maximum Gasteiger partial charge on any atom is 0.0942 e. The molecule has 0 radical (unpaired) electrons. The second kappa shape index (κ2) is 13.8. The normalized spacial score (nSPS) is 13.6. The van der Waals surface area contributed by atoms with Crippen LogP contribution >= 0.6 is 12.4 Å². The van der Waals surface area contributed by atoms with Crippen molar-refractivity contribution in [3.05, 3.63) is 35.9 Å². The summed E-state index contributed by atoms with van der Waals surface area (Å²) in [5.74, 6) is 0. The third-order valence-corrected chi connectivity index (χ3v) is 4.66. The van der Waals surface area contributed by atoms with Gasteiger partial charge in [0.1, 0.15) is 0 Å². The van der Waals surface area contributed by atoms with Crippen molar-refractivity contribution >= 4 is 12.4 Å². The van der Waals surface area contributed by atoms with Crippen LogP contribution in [0.2, 0.25) is 0 Å². The molecule has 0 aliphatic heterocycles. The number of likely N-dealkylation sites (N-methyl/N-ethyl adjacent to an activating group) is 1. The lowest BCUT2D eigenvalue weighted by Crippen LogP contribution is -2.35. The zero-order chi connectivity index (χ0) is 16.2. The van der Waals surface area contributed by atoms with Crippen LogP contribution in [0.15, 0.2) is 30.3 Å². The average molecular weight is 342 g/mol. The van der Waals surface area contributed by atoms with Gasteiger partial charge in [0, 0.05) is 6.04 Å². The molecule has 2 unspecified atom stereocenters. The molecule has 2 atom stereocenters. The van der Waals surface area contributed by atoms with Crippen LogP contribution in [-0.2, 0) is 0 Å². The lowest BCUT2D eigenvalue weighted by molar-refractivity contribution is 0.0716. The number of benzene rings is 1. The van der Waals surface area contributed by atoms with Gasteiger partial charge in [-0.15, -0.1) is 12.4 Å². The van der Waals surface area contributed by atoms with E-state index in [9.17, 15) is 5.11 Å². The standard InChI is InChI=1S/C20H35NO.ClH/c1-4-5-6-7-8-9-10-14-17-21(3)18(2)20(22)19-15-12-11-13-16-19;/h11-13,15-16,18,20,22H,4-10,14,17H2,1-3H3;1H. The molecule has 0 heterocycles. The van der Waals surface area contributed by atoms with Crippen LogP contribution in [0.3, 0.4) is 0 Å². The second-order valence-corrected chi connectivity index (χ2v) is 6.55. The van der Waals surface area contributed by atoms with E-state index in [-0.39, 0.29) is 18.4 Å². The molecule has 0 bridgehead atoms. The summed E-state index contributed by atoms with van der Waals surface area (Å²) in [6.07, 6.45) is 10.4. The van der Waals surface area contributed by atoms with Crippen LogP contribution in [0, 0.1) is 0 Å². The first kappa shape index (κ1) is 22.4. The van der Waals surface area contributed by atoms with Crippen LogP contribution < -0.4 is 0 Å². The maximum absolute atomic E-state index is 10.4. The van der Waals surface area contributed by atoms with E-state index >= 15 is 0 Å². The molecule has 1 aromatic rings. The summed E-state index contributed by atoms with van der Waals surface area (Å²) in [4.78, 5) is 2.29. The zero-order valence-corrected chi connectivity index (χ0v) is 16.0. The maximum atomic E-state index is 10.4. The van der Waals surface area contributed by atoms with Crippen molar-refractivity contribution < 1.29 is 5.11 Å². The fourth-order valence-electron chi connectivity index (χ4n) is 2.87. The monoisotopic (exact) mass is 341 g/mol. The van der Waals surface area contributed by atoms with Gasteiger partial charge in [0.15, 0.2) is 0 Å². The Morgan fingerprint density at radius 1 is 0.913 bits per heavy atom. The van der Waals surface area contributed by atoms with Gasteiger partial charge >= 0.3 is 0 Å². The SMILES string of the molecule is CCCCCCCCCCN(C)C(C)C(O)c1ccccc1.Cl. The van der Waals surface area contributed by atoms with Crippen LogP contribution in [-0.4, -0.2) is 29.6 Å². The molecule has 0 aromatic heterocycles. The fourth-order valence-corrected chi connectivity index (χ4v) is 2.87. The van der Waals surface area contributed by atoms with Gasteiger partial charge in [-0.2, -0.15) is 0 Å². The zero-order valence-electron chi connectivity index (χ0n) is 15.2. The first-order valence-corrected chi connectivity index (χ1v) is 9.10. The Kier molecular flexibility index (Phi) is 13.5. The number of hydrogen-bond donors (Lipinski definition) is 1. The molecule has 0 aliphatic carbocycles. The van der Waals surface area contributed by atoms with Crippen LogP contribution in [0.25, 0.3) is 0 Å². The Balaban J connectivity index is 0.00000484. The highest BCUT2D eigenvalue weighted by Crippen LogP contribution is 2.20. The summed E-state index contributed by atoms with van der Waals surface area (Å²) in [7, 11) is 2.12. The predicted molar refractivity (Wildman–Crippen MR) is 103 cm³/mol. The van der Waals surface area contributed by atoms with Crippen LogP contribution in [0.4, 0.5) is 0 Å². The van der Waals surface area contributed by atoms with Gasteiger partial charge in [-0.05, 0) is 32.5 Å². The van der Waals surface area contributed by atoms with Crippen molar-refractivity contribution in [2.24, 2.45) is 0 Å². The Morgan fingerprint density at radius 3 is 2.00 bits per heavy atom. The molecule has 1 N–H and O–H groups in total. The minimum absolute atomic E-state index is 0. The molecular formula is C20H36ClNO. The Hall–Kier alpha value is -0.570. The van der Waals surface area contributed by atoms with Crippen molar-refractivity contribution in [3.8, 4) is 0 Å². The fraction of sp³-hybridized carbons (Fsp3) is 0.700. The van der Waals surface area contributed by atoms with E-state index in [4.69, 9.17) is 0 Å². The summed E-state index contributed by atoms with van der Waals surface area (Å²) < 4.78 is 0. The van der Waals surface area contributed by atoms with Crippen LogP contribution in [0.5, 0.6) is 0 Å². The van der Waals surface area contributed by atoms with E-state index in [0.717, 1.165) is 12.1 Å². The number of rotatable bonds is 12. The van der Waals surface area contributed by atoms with Crippen molar-refractivity contribution in [2.45, 2.75) is 77.4 Å². The van der Waals surface area contributed by atoms with Crippen molar-refractivity contribution in [1.29, 1.82) is 0 Å².